The van der Waals surface area contributed by atoms with E-state index in [9.17, 15) is 9.18 Å². The van der Waals surface area contributed by atoms with Crippen molar-refractivity contribution in [1.29, 1.82) is 0 Å². The first kappa shape index (κ1) is 18.9. The molecule has 0 atom stereocenters. The molecule has 0 aliphatic heterocycles. The number of hydrogen-bond acceptors (Lipinski definition) is 4. The Hall–Kier alpha value is -2.86. The van der Waals surface area contributed by atoms with Crippen molar-refractivity contribution in [2.45, 2.75) is 22.6 Å². The average molecular weight is 382 g/mol. The SMILES string of the molecule is COc1ccc(Sc2ccc(NC(=O)CCc3cncc(F)c3)cc2)cc1. The molecule has 1 aromatic heterocycles. The van der Waals surface area contributed by atoms with Gasteiger partial charge >= 0.3 is 0 Å². The van der Waals surface area contributed by atoms with Crippen LogP contribution in [0.25, 0.3) is 0 Å². The van der Waals surface area contributed by atoms with Crippen molar-refractivity contribution in [3.8, 4) is 5.75 Å². The summed E-state index contributed by atoms with van der Waals surface area (Å²) in [4.78, 5) is 18.0. The van der Waals surface area contributed by atoms with Crippen molar-refractivity contribution in [3.63, 3.8) is 0 Å². The fourth-order valence-corrected chi connectivity index (χ4v) is 3.28. The minimum absolute atomic E-state index is 0.116. The zero-order valence-electron chi connectivity index (χ0n) is 14.8. The van der Waals surface area contributed by atoms with Crippen molar-refractivity contribution in [2.24, 2.45) is 0 Å². The van der Waals surface area contributed by atoms with Crippen molar-refractivity contribution in [2.75, 3.05) is 12.4 Å². The smallest absolute Gasteiger partial charge is 0.224 e. The summed E-state index contributed by atoms with van der Waals surface area (Å²) in [7, 11) is 1.64. The van der Waals surface area contributed by atoms with Gasteiger partial charge in [0.25, 0.3) is 0 Å². The number of benzene rings is 2. The molecule has 138 valence electrons. The topological polar surface area (TPSA) is 51.2 Å². The highest BCUT2D eigenvalue weighted by Gasteiger charge is 2.05. The highest BCUT2D eigenvalue weighted by Crippen LogP contribution is 2.29. The lowest BCUT2D eigenvalue weighted by Gasteiger charge is -2.07. The van der Waals surface area contributed by atoms with Gasteiger partial charge < -0.3 is 10.1 Å². The summed E-state index contributed by atoms with van der Waals surface area (Å²) in [5.74, 6) is 0.319. The molecule has 4 nitrogen and oxygen atoms in total. The zero-order valence-corrected chi connectivity index (χ0v) is 15.6. The van der Waals surface area contributed by atoms with Crippen LogP contribution in [0.3, 0.4) is 0 Å². The van der Waals surface area contributed by atoms with Gasteiger partial charge in [-0.05, 0) is 66.6 Å². The standard InChI is InChI=1S/C21H19FN2O2S/c1-26-18-5-9-20(10-6-18)27-19-7-3-17(4-8-19)24-21(25)11-2-15-12-16(22)14-23-13-15/h3-10,12-14H,2,11H2,1H3,(H,24,25). The summed E-state index contributed by atoms with van der Waals surface area (Å²) in [5, 5.41) is 2.85. The quantitative estimate of drug-likeness (QED) is 0.628. The van der Waals surface area contributed by atoms with E-state index in [1.165, 1.54) is 6.07 Å². The second-order valence-corrected chi connectivity index (χ2v) is 7.01. The van der Waals surface area contributed by atoms with Gasteiger partial charge in [0.1, 0.15) is 11.6 Å². The monoisotopic (exact) mass is 382 g/mol. The second kappa shape index (κ2) is 9.19. The van der Waals surface area contributed by atoms with Crippen molar-refractivity contribution in [1.82, 2.24) is 4.98 Å². The van der Waals surface area contributed by atoms with Crippen molar-refractivity contribution >= 4 is 23.4 Å². The van der Waals surface area contributed by atoms with E-state index in [0.717, 1.165) is 27.4 Å². The maximum absolute atomic E-state index is 13.1. The Balaban J connectivity index is 1.51. The molecular formula is C21H19FN2O2S. The maximum Gasteiger partial charge on any atom is 0.224 e. The molecule has 0 radical (unpaired) electrons. The van der Waals surface area contributed by atoms with Crippen LogP contribution in [0.4, 0.5) is 10.1 Å². The van der Waals surface area contributed by atoms with E-state index < -0.39 is 5.82 Å². The van der Waals surface area contributed by atoms with E-state index in [2.05, 4.69) is 10.3 Å². The van der Waals surface area contributed by atoms with Gasteiger partial charge in [-0.1, -0.05) is 11.8 Å². The lowest BCUT2D eigenvalue weighted by molar-refractivity contribution is -0.116. The van der Waals surface area contributed by atoms with Crippen LogP contribution in [0.5, 0.6) is 5.75 Å². The Kier molecular flexibility index (Phi) is 6.44. The highest BCUT2D eigenvalue weighted by atomic mass is 32.2. The summed E-state index contributed by atoms with van der Waals surface area (Å²) in [6, 6.07) is 16.9. The Labute approximate surface area is 161 Å². The summed E-state index contributed by atoms with van der Waals surface area (Å²) < 4.78 is 18.3. The van der Waals surface area contributed by atoms with E-state index in [1.54, 1.807) is 25.1 Å². The van der Waals surface area contributed by atoms with Gasteiger partial charge in [0.2, 0.25) is 5.91 Å². The van der Waals surface area contributed by atoms with E-state index >= 15 is 0 Å². The Morgan fingerprint density at radius 2 is 1.74 bits per heavy atom. The Morgan fingerprint density at radius 3 is 2.37 bits per heavy atom. The van der Waals surface area contributed by atoms with Crippen LogP contribution in [-0.4, -0.2) is 18.0 Å². The third kappa shape index (κ3) is 5.82. The third-order valence-corrected chi connectivity index (χ3v) is 4.85. The van der Waals surface area contributed by atoms with E-state index in [1.807, 2.05) is 48.5 Å². The molecule has 0 saturated heterocycles. The lowest BCUT2D eigenvalue weighted by atomic mass is 10.1. The largest absolute Gasteiger partial charge is 0.497 e. The number of aryl methyl sites for hydroxylation is 1. The molecule has 0 fully saturated rings. The molecule has 3 aromatic rings. The Bertz CT molecular complexity index is 899. The molecule has 1 heterocycles. The summed E-state index contributed by atoms with van der Waals surface area (Å²) >= 11 is 1.63. The molecule has 1 amide bonds. The van der Waals surface area contributed by atoms with Gasteiger partial charge in [-0.2, -0.15) is 0 Å². The predicted octanol–water partition coefficient (Wildman–Crippen LogP) is 4.95. The fraction of sp³-hybridized carbons (Fsp3) is 0.143. The van der Waals surface area contributed by atoms with Crippen LogP contribution in [0, 0.1) is 5.82 Å². The van der Waals surface area contributed by atoms with Crippen LogP contribution >= 0.6 is 11.8 Å². The number of rotatable bonds is 7. The molecular weight excluding hydrogens is 363 g/mol. The molecule has 6 heteroatoms. The first-order valence-corrected chi connectivity index (χ1v) is 9.25. The van der Waals surface area contributed by atoms with E-state index in [-0.39, 0.29) is 12.3 Å². The highest BCUT2D eigenvalue weighted by molar-refractivity contribution is 7.99. The number of aromatic nitrogens is 1. The first-order chi connectivity index (χ1) is 13.1. The average Bonchev–Trinajstić information content (AvgIpc) is 2.69. The number of hydrogen-bond donors (Lipinski definition) is 1. The number of carbonyl (C=O) groups is 1. The van der Waals surface area contributed by atoms with Gasteiger partial charge in [0.05, 0.1) is 13.3 Å². The number of halogens is 1. The van der Waals surface area contributed by atoms with Crippen LogP contribution in [0.15, 0.2) is 76.8 Å². The van der Waals surface area contributed by atoms with Gasteiger partial charge in [-0.3, -0.25) is 9.78 Å². The number of nitrogens with one attached hydrogen (secondary N) is 1. The number of amides is 1. The van der Waals surface area contributed by atoms with E-state index in [4.69, 9.17) is 4.74 Å². The number of anilines is 1. The molecule has 3 rings (SSSR count). The summed E-state index contributed by atoms with van der Waals surface area (Å²) in [6.45, 7) is 0. The second-order valence-electron chi connectivity index (χ2n) is 5.86. The summed E-state index contributed by atoms with van der Waals surface area (Å²) in [6.07, 6.45) is 3.44. The number of carbonyl (C=O) groups excluding carboxylic acids is 1. The number of methoxy groups -OCH3 is 1. The van der Waals surface area contributed by atoms with Gasteiger partial charge in [0.15, 0.2) is 0 Å². The van der Waals surface area contributed by atoms with Crippen molar-refractivity contribution < 1.29 is 13.9 Å². The van der Waals surface area contributed by atoms with Crippen molar-refractivity contribution in [3.05, 3.63) is 78.4 Å². The molecule has 27 heavy (non-hydrogen) atoms. The van der Waals surface area contributed by atoms with Crippen LogP contribution < -0.4 is 10.1 Å². The van der Waals surface area contributed by atoms with Crippen LogP contribution in [0.2, 0.25) is 0 Å². The fourth-order valence-electron chi connectivity index (χ4n) is 2.46. The van der Waals surface area contributed by atoms with Gasteiger partial charge in [-0.15, -0.1) is 0 Å². The molecule has 0 saturated carbocycles. The number of nitrogens with zero attached hydrogens (tertiary/aromatic N) is 1. The number of pyridine rings is 1. The molecule has 2 aromatic carbocycles. The minimum Gasteiger partial charge on any atom is -0.497 e. The molecule has 0 bridgehead atoms. The predicted molar refractivity (Wildman–Crippen MR) is 105 cm³/mol. The molecule has 0 unspecified atom stereocenters. The normalized spacial score (nSPS) is 10.4. The van der Waals surface area contributed by atoms with E-state index in [0.29, 0.717) is 12.0 Å². The Morgan fingerprint density at radius 1 is 1.07 bits per heavy atom. The third-order valence-electron chi connectivity index (χ3n) is 3.84. The molecule has 0 aliphatic rings. The van der Waals surface area contributed by atoms with Gasteiger partial charge in [0, 0.05) is 28.1 Å². The summed E-state index contributed by atoms with van der Waals surface area (Å²) in [5.41, 5.74) is 1.44. The van der Waals surface area contributed by atoms with Crippen LogP contribution in [0.1, 0.15) is 12.0 Å². The lowest BCUT2D eigenvalue weighted by Crippen LogP contribution is -2.12. The molecule has 0 spiro atoms. The number of ether oxygens (including phenoxy) is 1. The minimum atomic E-state index is -0.391. The molecule has 1 N–H and O–H groups in total. The first-order valence-electron chi connectivity index (χ1n) is 8.43. The molecule has 0 aliphatic carbocycles. The van der Waals surface area contributed by atoms with Crippen LogP contribution in [-0.2, 0) is 11.2 Å². The van der Waals surface area contributed by atoms with Gasteiger partial charge in [-0.25, -0.2) is 4.39 Å². The maximum atomic E-state index is 13.1. The zero-order chi connectivity index (χ0) is 19.1.